The highest BCUT2D eigenvalue weighted by atomic mass is 16.5. The first-order valence-electron chi connectivity index (χ1n) is 6.23. The van der Waals surface area contributed by atoms with Crippen LogP contribution in [0.5, 0.6) is 0 Å². The molecular formula is C12H21N3O. The van der Waals surface area contributed by atoms with Crippen LogP contribution in [0.1, 0.15) is 57.3 Å². The van der Waals surface area contributed by atoms with Gasteiger partial charge < -0.3 is 9.84 Å². The highest BCUT2D eigenvalue weighted by Gasteiger charge is 2.26. The van der Waals surface area contributed by atoms with Gasteiger partial charge in [-0.05, 0) is 25.7 Å². The van der Waals surface area contributed by atoms with Gasteiger partial charge in [0.1, 0.15) is 0 Å². The van der Waals surface area contributed by atoms with E-state index in [4.69, 9.17) is 4.52 Å². The molecule has 1 fully saturated rings. The molecule has 1 atom stereocenters. The van der Waals surface area contributed by atoms with Gasteiger partial charge in [-0.1, -0.05) is 31.8 Å². The smallest absolute Gasteiger partial charge is 0.244 e. The number of hydrogen-bond acceptors (Lipinski definition) is 4. The molecule has 0 amide bonds. The number of aromatic nitrogens is 2. The van der Waals surface area contributed by atoms with Gasteiger partial charge >= 0.3 is 0 Å². The third-order valence-corrected chi connectivity index (χ3v) is 3.25. The first-order chi connectivity index (χ1) is 7.66. The Bertz CT molecular complexity index is 329. The second kappa shape index (κ2) is 4.95. The zero-order valence-corrected chi connectivity index (χ0v) is 10.4. The van der Waals surface area contributed by atoms with Crippen molar-refractivity contribution in [1.82, 2.24) is 15.5 Å². The first-order valence-corrected chi connectivity index (χ1v) is 6.23. The van der Waals surface area contributed by atoms with E-state index in [1.54, 1.807) is 0 Å². The Morgan fingerprint density at radius 2 is 2.00 bits per heavy atom. The summed E-state index contributed by atoms with van der Waals surface area (Å²) in [7, 11) is 0. The van der Waals surface area contributed by atoms with E-state index in [0.29, 0.717) is 17.8 Å². The van der Waals surface area contributed by atoms with Gasteiger partial charge in [0.25, 0.3) is 0 Å². The number of hydrogen-bond donors (Lipinski definition) is 1. The van der Waals surface area contributed by atoms with E-state index in [9.17, 15) is 0 Å². The maximum Gasteiger partial charge on any atom is 0.244 e. The summed E-state index contributed by atoms with van der Waals surface area (Å²) in [5.41, 5.74) is 0. The van der Waals surface area contributed by atoms with Crippen molar-refractivity contribution in [2.24, 2.45) is 5.92 Å². The molecule has 1 aliphatic carbocycles. The zero-order valence-electron chi connectivity index (χ0n) is 10.4. The molecule has 1 heterocycles. The Morgan fingerprint density at radius 1 is 1.31 bits per heavy atom. The molecule has 16 heavy (non-hydrogen) atoms. The fourth-order valence-corrected chi connectivity index (χ4v) is 2.33. The van der Waals surface area contributed by atoms with Gasteiger partial charge in [0.2, 0.25) is 5.89 Å². The van der Waals surface area contributed by atoms with Crippen molar-refractivity contribution in [3.8, 4) is 0 Å². The second-order valence-electron chi connectivity index (χ2n) is 5.05. The predicted molar refractivity (Wildman–Crippen MR) is 62.0 cm³/mol. The molecule has 1 N–H and O–H groups in total. The standard InChI is InChI=1S/C12H21N3O/c1-8(2)11(12-13-9(3)15-16-12)14-10-6-4-5-7-10/h8,10-11,14H,4-7H2,1-3H3. The summed E-state index contributed by atoms with van der Waals surface area (Å²) in [5.74, 6) is 1.92. The number of nitrogens with one attached hydrogen (secondary N) is 1. The van der Waals surface area contributed by atoms with E-state index in [-0.39, 0.29) is 6.04 Å². The van der Waals surface area contributed by atoms with Crippen LogP contribution in [0.4, 0.5) is 0 Å². The third kappa shape index (κ3) is 2.61. The van der Waals surface area contributed by atoms with E-state index in [0.717, 1.165) is 5.89 Å². The Balaban J connectivity index is 2.04. The lowest BCUT2D eigenvalue weighted by Crippen LogP contribution is -2.33. The van der Waals surface area contributed by atoms with Crippen LogP contribution >= 0.6 is 0 Å². The monoisotopic (exact) mass is 223 g/mol. The molecule has 0 bridgehead atoms. The van der Waals surface area contributed by atoms with Gasteiger partial charge in [0.15, 0.2) is 5.82 Å². The predicted octanol–water partition coefficient (Wildman–Crippen LogP) is 2.61. The summed E-state index contributed by atoms with van der Waals surface area (Å²) in [5, 5.41) is 7.52. The molecule has 1 aromatic rings. The third-order valence-electron chi connectivity index (χ3n) is 3.25. The van der Waals surface area contributed by atoms with Crippen LogP contribution in [-0.4, -0.2) is 16.2 Å². The maximum atomic E-state index is 5.27. The number of rotatable bonds is 4. The molecule has 2 rings (SSSR count). The van der Waals surface area contributed by atoms with Crippen LogP contribution in [0, 0.1) is 12.8 Å². The van der Waals surface area contributed by atoms with E-state index in [1.807, 2.05) is 6.92 Å². The fourth-order valence-electron chi connectivity index (χ4n) is 2.33. The summed E-state index contributed by atoms with van der Waals surface area (Å²) in [6, 6.07) is 0.823. The van der Waals surface area contributed by atoms with E-state index in [1.165, 1.54) is 25.7 Å². The number of nitrogens with zero attached hydrogens (tertiary/aromatic N) is 2. The molecule has 0 aromatic carbocycles. The van der Waals surface area contributed by atoms with Gasteiger partial charge in [0, 0.05) is 6.04 Å². The highest BCUT2D eigenvalue weighted by Crippen LogP contribution is 2.25. The minimum absolute atomic E-state index is 0.198. The van der Waals surface area contributed by atoms with Crippen molar-refractivity contribution < 1.29 is 4.52 Å². The van der Waals surface area contributed by atoms with Gasteiger partial charge in [-0.2, -0.15) is 4.98 Å². The first kappa shape index (κ1) is 11.6. The molecule has 1 unspecified atom stereocenters. The van der Waals surface area contributed by atoms with E-state index < -0.39 is 0 Å². The SMILES string of the molecule is Cc1noc(C(NC2CCCC2)C(C)C)n1. The molecule has 1 saturated carbocycles. The average molecular weight is 223 g/mol. The molecular weight excluding hydrogens is 202 g/mol. The molecule has 4 heteroatoms. The average Bonchev–Trinajstić information content (AvgIpc) is 2.84. The quantitative estimate of drug-likeness (QED) is 0.852. The molecule has 4 nitrogen and oxygen atoms in total. The zero-order chi connectivity index (χ0) is 11.5. The lowest BCUT2D eigenvalue weighted by atomic mass is 10.0. The van der Waals surface area contributed by atoms with Crippen LogP contribution in [0.2, 0.25) is 0 Å². The van der Waals surface area contributed by atoms with Crippen LogP contribution in [0.3, 0.4) is 0 Å². The van der Waals surface area contributed by atoms with Crippen molar-refractivity contribution in [3.05, 3.63) is 11.7 Å². The van der Waals surface area contributed by atoms with Crippen molar-refractivity contribution in [2.45, 2.75) is 58.5 Å². The van der Waals surface area contributed by atoms with E-state index in [2.05, 4.69) is 29.3 Å². The number of aryl methyl sites for hydroxylation is 1. The second-order valence-corrected chi connectivity index (χ2v) is 5.05. The minimum atomic E-state index is 0.198. The van der Waals surface area contributed by atoms with Crippen molar-refractivity contribution in [3.63, 3.8) is 0 Å². The lowest BCUT2D eigenvalue weighted by Gasteiger charge is -2.22. The van der Waals surface area contributed by atoms with Gasteiger partial charge in [-0.3, -0.25) is 0 Å². The molecule has 0 aliphatic heterocycles. The summed E-state index contributed by atoms with van der Waals surface area (Å²) >= 11 is 0. The molecule has 0 saturated heterocycles. The van der Waals surface area contributed by atoms with Crippen molar-refractivity contribution in [2.75, 3.05) is 0 Å². The van der Waals surface area contributed by atoms with Crippen molar-refractivity contribution >= 4 is 0 Å². The van der Waals surface area contributed by atoms with Crippen LogP contribution in [-0.2, 0) is 0 Å². The largest absolute Gasteiger partial charge is 0.338 e. The maximum absolute atomic E-state index is 5.27. The van der Waals surface area contributed by atoms with Gasteiger partial charge in [-0.25, -0.2) is 0 Å². The molecule has 90 valence electrons. The summed E-state index contributed by atoms with van der Waals surface area (Å²) in [6.07, 6.45) is 5.23. The fraction of sp³-hybridized carbons (Fsp3) is 0.833. The van der Waals surface area contributed by atoms with Crippen LogP contribution < -0.4 is 5.32 Å². The molecule has 0 radical (unpaired) electrons. The molecule has 0 spiro atoms. The van der Waals surface area contributed by atoms with Crippen molar-refractivity contribution in [1.29, 1.82) is 0 Å². The van der Waals surface area contributed by atoms with Gasteiger partial charge in [0.05, 0.1) is 6.04 Å². The summed E-state index contributed by atoms with van der Waals surface area (Å²) in [4.78, 5) is 4.33. The lowest BCUT2D eigenvalue weighted by molar-refractivity contribution is 0.269. The molecule has 1 aromatic heterocycles. The van der Waals surface area contributed by atoms with Crippen LogP contribution in [0.15, 0.2) is 4.52 Å². The summed E-state index contributed by atoms with van der Waals surface area (Å²) < 4.78 is 5.27. The van der Waals surface area contributed by atoms with E-state index >= 15 is 0 Å². The topological polar surface area (TPSA) is 51.0 Å². The highest BCUT2D eigenvalue weighted by molar-refractivity contribution is 4.95. The summed E-state index contributed by atoms with van der Waals surface area (Å²) in [6.45, 7) is 6.23. The Labute approximate surface area is 96.8 Å². The van der Waals surface area contributed by atoms with Crippen LogP contribution in [0.25, 0.3) is 0 Å². The minimum Gasteiger partial charge on any atom is -0.338 e. The Kier molecular flexibility index (Phi) is 3.59. The van der Waals surface area contributed by atoms with Gasteiger partial charge in [-0.15, -0.1) is 0 Å². The Hall–Kier alpha value is -0.900. The normalized spacial score (nSPS) is 19.5. The Morgan fingerprint density at radius 3 is 2.50 bits per heavy atom. The molecule has 1 aliphatic rings.